The van der Waals surface area contributed by atoms with Gasteiger partial charge in [0.1, 0.15) is 6.67 Å². The van der Waals surface area contributed by atoms with Crippen molar-refractivity contribution in [3.05, 3.63) is 36.5 Å². The van der Waals surface area contributed by atoms with Crippen LogP contribution >= 0.6 is 0 Å². The van der Waals surface area contributed by atoms with E-state index in [9.17, 15) is 4.79 Å². The number of hydrogen-bond acceptors (Lipinski definition) is 3. The first-order valence-electron chi connectivity index (χ1n) is 7.19. The summed E-state index contributed by atoms with van der Waals surface area (Å²) in [7, 11) is 1.96. The van der Waals surface area contributed by atoms with Crippen molar-refractivity contribution < 1.29 is 4.79 Å². The van der Waals surface area contributed by atoms with Gasteiger partial charge >= 0.3 is 0 Å². The third-order valence-electron chi connectivity index (χ3n) is 3.96. The van der Waals surface area contributed by atoms with Crippen LogP contribution in [0.2, 0.25) is 0 Å². The molecule has 1 spiro atoms. The predicted octanol–water partition coefficient (Wildman–Crippen LogP) is 1.96. The average Bonchev–Trinajstić information content (AvgIpc) is 2.61. The SMILES string of the molecule is CNC1/C=C/C[C@@]2(C/C=C\C=N/CNC2=O)C/C=C/C1. The molecule has 0 fully saturated rings. The maximum Gasteiger partial charge on any atom is 0.228 e. The molecule has 1 amide bonds. The van der Waals surface area contributed by atoms with Gasteiger partial charge in [0, 0.05) is 12.3 Å². The van der Waals surface area contributed by atoms with Crippen LogP contribution in [0, 0.1) is 5.41 Å². The Labute approximate surface area is 120 Å². The molecular weight excluding hydrogens is 250 g/mol. The smallest absolute Gasteiger partial charge is 0.228 e. The molecule has 2 aliphatic rings. The second-order valence-corrected chi connectivity index (χ2v) is 5.35. The molecular formula is C16H23N3O. The molecule has 4 nitrogen and oxygen atoms in total. The normalized spacial score (nSPS) is 37.2. The Morgan fingerprint density at radius 1 is 1.25 bits per heavy atom. The number of hydrogen-bond donors (Lipinski definition) is 2. The Hall–Kier alpha value is -1.68. The third kappa shape index (κ3) is 3.67. The molecule has 0 saturated carbocycles. The summed E-state index contributed by atoms with van der Waals surface area (Å²) in [5.74, 6) is 0.0957. The maximum atomic E-state index is 12.5. The van der Waals surface area contributed by atoms with Gasteiger partial charge in [0.15, 0.2) is 0 Å². The zero-order valence-corrected chi connectivity index (χ0v) is 12.0. The molecule has 0 aromatic carbocycles. The van der Waals surface area contributed by atoms with Crippen LogP contribution in [0.15, 0.2) is 41.4 Å². The number of carbonyl (C=O) groups excluding carboxylic acids is 1. The Bertz CT molecular complexity index is 451. The number of nitrogens with zero attached hydrogens (tertiary/aromatic N) is 1. The largest absolute Gasteiger partial charge is 0.336 e. The number of carbonyl (C=O) groups is 1. The molecule has 2 rings (SSSR count). The molecule has 0 aromatic heterocycles. The molecule has 1 aliphatic carbocycles. The zero-order valence-electron chi connectivity index (χ0n) is 12.0. The van der Waals surface area contributed by atoms with Gasteiger partial charge in [-0.25, -0.2) is 0 Å². The van der Waals surface area contributed by atoms with E-state index in [1.807, 2.05) is 19.2 Å². The molecule has 20 heavy (non-hydrogen) atoms. The topological polar surface area (TPSA) is 53.5 Å². The second kappa shape index (κ2) is 7.20. The van der Waals surface area contributed by atoms with E-state index < -0.39 is 0 Å². The van der Waals surface area contributed by atoms with Crippen molar-refractivity contribution in [1.29, 1.82) is 0 Å². The van der Waals surface area contributed by atoms with Crippen LogP contribution in [0.5, 0.6) is 0 Å². The minimum atomic E-state index is -0.389. The monoisotopic (exact) mass is 273 g/mol. The molecule has 108 valence electrons. The first-order valence-corrected chi connectivity index (χ1v) is 7.19. The first kappa shape index (κ1) is 14.7. The van der Waals surface area contributed by atoms with Crippen molar-refractivity contribution in [1.82, 2.24) is 10.6 Å². The molecule has 0 bridgehead atoms. The van der Waals surface area contributed by atoms with Crippen LogP contribution in [0.3, 0.4) is 0 Å². The zero-order chi connectivity index (χ0) is 14.3. The molecule has 2 N–H and O–H groups in total. The Kier molecular flexibility index (Phi) is 5.30. The number of nitrogens with one attached hydrogen (secondary N) is 2. The van der Waals surface area contributed by atoms with Gasteiger partial charge in [-0.2, -0.15) is 0 Å². The summed E-state index contributed by atoms with van der Waals surface area (Å²) >= 11 is 0. The van der Waals surface area contributed by atoms with Gasteiger partial charge in [-0.1, -0.05) is 30.4 Å². The molecule has 4 heteroatoms. The van der Waals surface area contributed by atoms with E-state index in [4.69, 9.17) is 0 Å². The van der Waals surface area contributed by atoms with E-state index in [-0.39, 0.29) is 11.3 Å². The lowest BCUT2D eigenvalue weighted by Crippen LogP contribution is -2.40. The minimum Gasteiger partial charge on any atom is -0.336 e. The second-order valence-electron chi connectivity index (χ2n) is 5.35. The van der Waals surface area contributed by atoms with Crippen LogP contribution in [0.25, 0.3) is 0 Å². The van der Waals surface area contributed by atoms with E-state index >= 15 is 0 Å². The average molecular weight is 273 g/mol. The van der Waals surface area contributed by atoms with Crippen LogP contribution in [-0.2, 0) is 4.79 Å². The highest BCUT2D eigenvalue weighted by Gasteiger charge is 2.35. The Morgan fingerprint density at radius 2 is 2.05 bits per heavy atom. The van der Waals surface area contributed by atoms with Gasteiger partial charge in [0.25, 0.3) is 0 Å². The summed E-state index contributed by atoms with van der Waals surface area (Å²) in [6, 6.07) is 0.347. The highest BCUT2D eigenvalue weighted by atomic mass is 16.2. The van der Waals surface area contributed by atoms with Crippen molar-refractivity contribution in [3.8, 4) is 0 Å². The van der Waals surface area contributed by atoms with Crippen molar-refractivity contribution in [2.24, 2.45) is 10.4 Å². The van der Waals surface area contributed by atoms with Gasteiger partial charge in [-0.3, -0.25) is 9.79 Å². The first-order chi connectivity index (χ1) is 9.77. The third-order valence-corrected chi connectivity index (χ3v) is 3.96. The van der Waals surface area contributed by atoms with E-state index in [0.29, 0.717) is 12.7 Å². The lowest BCUT2D eigenvalue weighted by atomic mass is 9.77. The summed E-state index contributed by atoms with van der Waals surface area (Å²) in [5.41, 5.74) is -0.389. The fourth-order valence-electron chi connectivity index (χ4n) is 2.60. The van der Waals surface area contributed by atoms with Crippen LogP contribution in [-0.4, -0.2) is 31.9 Å². The quantitative estimate of drug-likeness (QED) is 0.718. The van der Waals surface area contributed by atoms with Gasteiger partial charge in [0.05, 0.1) is 5.41 Å². The molecule has 0 aromatic rings. The van der Waals surface area contributed by atoms with Crippen molar-refractivity contribution in [2.75, 3.05) is 13.7 Å². The minimum absolute atomic E-state index is 0.0957. The summed E-state index contributed by atoms with van der Waals surface area (Å²) in [4.78, 5) is 16.6. The number of amides is 1. The molecule has 0 radical (unpaired) electrons. The summed E-state index contributed by atoms with van der Waals surface area (Å²) in [6.45, 7) is 0.359. The fourth-order valence-corrected chi connectivity index (χ4v) is 2.60. The summed E-state index contributed by atoms with van der Waals surface area (Å²) in [5, 5.41) is 6.18. The highest BCUT2D eigenvalue weighted by molar-refractivity contribution is 5.84. The van der Waals surface area contributed by atoms with Crippen LogP contribution in [0.4, 0.5) is 0 Å². The summed E-state index contributed by atoms with van der Waals surface area (Å²) in [6.07, 6.45) is 17.6. The predicted molar refractivity (Wildman–Crippen MR) is 82.7 cm³/mol. The van der Waals surface area contributed by atoms with E-state index in [1.165, 1.54) is 0 Å². The van der Waals surface area contributed by atoms with Gasteiger partial charge in [0.2, 0.25) is 5.91 Å². The maximum absolute atomic E-state index is 12.5. The standard InChI is InChI=1S/C16H23N3O/c1-17-14-7-2-3-9-16(11-6-8-14)10-4-5-12-18-13-19-15(16)20/h2-6,8,12,14,17H,7,9-11,13H2,1H3,(H,19,20)/b3-2+,5-4-,8-6+,18-12-/t14?,16-/m0/s1. The number of aliphatic imine (C=N–C) groups is 1. The number of rotatable bonds is 1. The van der Waals surface area contributed by atoms with E-state index in [0.717, 1.165) is 25.7 Å². The summed E-state index contributed by atoms with van der Waals surface area (Å²) < 4.78 is 0. The van der Waals surface area contributed by atoms with Gasteiger partial charge in [-0.15, -0.1) is 0 Å². The lowest BCUT2D eigenvalue weighted by Gasteiger charge is -2.29. The fraction of sp³-hybridized carbons (Fsp3) is 0.500. The Morgan fingerprint density at radius 3 is 2.90 bits per heavy atom. The number of likely N-dealkylation sites (N-methyl/N-ethyl adjacent to an activating group) is 1. The van der Waals surface area contributed by atoms with E-state index in [2.05, 4.69) is 39.9 Å². The van der Waals surface area contributed by atoms with Crippen molar-refractivity contribution in [3.63, 3.8) is 0 Å². The molecule has 2 atom stereocenters. The van der Waals surface area contributed by atoms with Crippen LogP contribution < -0.4 is 10.6 Å². The molecule has 1 aliphatic heterocycles. The van der Waals surface area contributed by atoms with Gasteiger partial charge in [-0.05, 0) is 38.8 Å². The highest BCUT2D eigenvalue weighted by Crippen LogP contribution is 2.34. The molecule has 0 saturated heterocycles. The number of allylic oxidation sites excluding steroid dienone is 4. The van der Waals surface area contributed by atoms with Gasteiger partial charge < -0.3 is 10.6 Å². The van der Waals surface area contributed by atoms with E-state index in [1.54, 1.807) is 6.21 Å². The van der Waals surface area contributed by atoms with Crippen molar-refractivity contribution in [2.45, 2.75) is 31.7 Å². The molecule has 1 heterocycles. The lowest BCUT2D eigenvalue weighted by molar-refractivity contribution is -0.130. The van der Waals surface area contributed by atoms with Crippen molar-refractivity contribution >= 4 is 12.1 Å². The Balaban J connectivity index is 2.22. The van der Waals surface area contributed by atoms with Crippen LogP contribution in [0.1, 0.15) is 25.7 Å². The molecule has 1 unspecified atom stereocenters.